The van der Waals surface area contributed by atoms with Gasteiger partial charge in [0.1, 0.15) is 5.76 Å². The highest BCUT2D eigenvalue weighted by Gasteiger charge is 2.14. The summed E-state index contributed by atoms with van der Waals surface area (Å²) in [5, 5.41) is 6.13. The molecule has 100 valence electrons. The van der Waals surface area contributed by atoms with Crippen LogP contribution in [0.4, 0.5) is 0 Å². The van der Waals surface area contributed by atoms with Crippen molar-refractivity contribution in [1.29, 1.82) is 0 Å². The van der Waals surface area contributed by atoms with Gasteiger partial charge in [-0.2, -0.15) is 0 Å². The molecule has 0 fully saturated rings. The Morgan fingerprint density at radius 3 is 2.83 bits per heavy atom. The Morgan fingerprint density at radius 1 is 1.50 bits per heavy atom. The summed E-state index contributed by atoms with van der Waals surface area (Å²) in [7, 11) is 0. The smallest absolute Gasteiger partial charge is 0.287 e. The molecule has 0 spiro atoms. The molecule has 0 bridgehead atoms. The zero-order valence-corrected chi connectivity index (χ0v) is 11.5. The molecule has 0 saturated heterocycles. The Bertz CT molecular complexity index is 452. The zero-order valence-electron chi connectivity index (χ0n) is 10.7. The van der Waals surface area contributed by atoms with E-state index in [0.717, 1.165) is 30.8 Å². The molecule has 1 aromatic rings. The van der Waals surface area contributed by atoms with Crippen LogP contribution in [0.2, 0.25) is 0 Å². The second-order valence-electron chi connectivity index (χ2n) is 4.37. The van der Waals surface area contributed by atoms with Crippen LogP contribution in [0.1, 0.15) is 28.3 Å². The fourth-order valence-corrected chi connectivity index (χ4v) is 1.97. The molecule has 18 heavy (non-hydrogen) atoms. The van der Waals surface area contributed by atoms with Gasteiger partial charge in [-0.1, -0.05) is 11.6 Å². The number of hydrogen-bond donors (Lipinski definition) is 2. The SMILES string of the molecule is Cc1cc(C)c(C(=O)NCC2=CCNCC2)o1.Cl. The van der Waals surface area contributed by atoms with Crippen molar-refractivity contribution in [2.75, 3.05) is 19.6 Å². The summed E-state index contributed by atoms with van der Waals surface area (Å²) >= 11 is 0. The van der Waals surface area contributed by atoms with Crippen molar-refractivity contribution >= 4 is 18.3 Å². The highest BCUT2D eigenvalue weighted by Crippen LogP contribution is 2.13. The first-order valence-corrected chi connectivity index (χ1v) is 5.90. The molecular formula is C13H19ClN2O2. The summed E-state index contributed by atoms with van der Waals surface area (Å²) < 4.78 is 5.37. The number of halogens is 1. The van der Waals surface area contributed by atoms with E-state index in [-0.39, 0.29) is 18.3 Å². The summed E-state index contributed by atoms with van der Waals surface area (Å²) in [5.74, 6) is 1.07. The van der Waals surface area contributed by atoms with Gasteiger partial charge in [-0.25, -0.2) is 0 Å². The fraction of sp³-hybridized carbons (Fsp3) is 0.462. The minimum Gasteiger partial charge on any atom is -0.456 e. The first-order valence-electron chi connectivity index (χ1n) is 5.90. The Morgan fingerprint density at radius 2 is 2.28 bits per heavy atom. The number of rotatable bonds is 3. The fourth-order valence-electron chi connectivity index (χ4n) is 1.97. The van der Waals surface area contributed by atoms with Crippen molar-refractivity contribution < 1.29 is 9.21 Å². The van der Waals surface area contributed by atoms with Crippen LogP contribution in [0.5, 0.6) is 0 Å². The molecule has 1 aliphatic rings. The molecule has 0 unspecified atom stereocenters. The van der Waals surface area contributed by atoms with Gasteiger partial charge in [-0.05, 0) is 32.9 Å². The molecule has 0 radical (unpaired) electrons. The Hall–Kier alpha value is -1.26. The van der Waals surface area contributed by atoms with Gasteiger partial charge in [0.15, 0.2) is 5.76 Å². The lowest BCUT2D eigenvalue weighted by Crippen LogP contribution is -2.29. The summed E-state index contributed by atoms with van der Waals surface area (Å²) in [4.78, 5) is 11.9. The molecule has 1 amide bonds. The quantitative estimate of drug-likeness (QED) is 0.826. The molecule has 4 nitrogen and oxygen atoms in total. The van der Waals surface area contributed by atoms with Crippen LogP contribution in [-0.4, -0.2) is 25.5 Å². The lowest BCUT2D eigenvalue weighted by Gasteiger charge is -2.14. The van der Waals surface area contributed by atoms with Crippen LogP contribution in [0.25, 0.3) is 0 Å². The maximum atomic E-state index is 11.9. The van der Waals surface area contributed by atoms with Gasteiger partial charge in [0.2, 0.25) is 0 Å². The molecule has 1 aliphatic heterocycles. The molecule has 0 aromatic carbocycles. The van der Waals surface area contributed by atoms with E-state index >= 15 is 0 Å². The van der Waals surface area contributed by atoms with Gasteiger partial charge in [0.25, 0.3) is 5.91 Å². The van der Waals surface area contributed by atoms with E-state index in [0.29, 0.717) is 12.3 Å². The first kappa shape index (κ1) is 14.8. The molecule has 2 rings (SSSR count). The van der Waals surface area contributed by atoms with Gasteiger partial charge in [0, 0.05) is 18.7 Å². The summed E-state index contributed by atoms with van der Waals surface area (Å²) in [6.45, 7) is 6.22. The van der Waals surface area contributed by atoms with Crippen LogP contribution >= 0.6 is 12.4 Å². The highest BCUT2D eigenvalue weighted by molar-refractivity contribution is 5.93. The van der Waals surface area contributed by atoms with Crippen molar-refractivity contribution in [2.24, 2.45) is 0 Å². The van der Waals surface area contributed by atoms with E-state index in [4.69, 9.17) is 4.42 Å². The third-order valence-electron chi connectivity index (χ3n) is 2.88. The molecule has 2 heterocycles. The van der Waals surface area contributed by atoms with E-state index in [1.165, 1.54) is 5.57 Å². The number of amides is 1. The van der Waals surface area contributed by atoms with Gasteiger partial charge in [-0.15, -0.1) is 12.4 Å². The molecule has 0 aliphatic carbocycles. The molecule has 1 aromatic heterocycles. The van der Waals surface area contributed by atoms with Gasteiger partial charge in [0.05, 0.1) is 0 Å². The average molecular weight is 271 g/mol. The third-order valence-corrected chi connectivity index (χ3v) is 2.88. The normalized spacial score (nSPS) is 14.7. The standard InChI is InChI=1S/C13H18N2O2.ClH/c1-9-7-10(2)17-12(9)13(16)15-8-11-3-5-14-6-4-11;/h3,7,14H,4-6,8H2,1-2H3,(H,15,16);1H. The van der Waals surface area contributed by atoms with Gasteiger partial charge >= 0.3 is 0 Å². The maximum absolute atomic E-state index is 11.9. The maximum Gasteiger partial charge on any atom is 0.287 e. The Kier molecular flexibility index (Phi) is 5.44. The lowest BCUT2D eigenvalue weighted by molar-refractivity contribution is 0.0927. The predicted molar refractivity (Wildman–Crippen MR) is 73.3 cm³/mol. The van der Waals surface area contributed by atoms with Crippen molar-refractivity contribution in [3.8, 4) is 0 Å². The predicted octanol–water partition coefficient (Wildman–Crippen LogP) is 1.97. The van der Waals surface area contributed by atoms with E-state index in [1.807, 2.05) is 19.9 Å². The second kappa shape index (κ2) is 6.61. The average Bonchev–Trinajstić information content (AvgIpc) is 2.67. The number of carbonyl (C=O) groups is 1. The van der Waals surface area contributed by atoms with E-state index in [9.17, 15) is 4.79 Å². The van der Waals surface area contributed by atoms with Crippen molar-refractivity contribution in [3.05, 3.63) is 34.8 Å². The number of hydrogen-bond acceptors (Lipinski definition) is 3. The number of carbonyl (C=O) groups excluding carboxylic acids is 1. The van der Waals surface area contributed by atoms with E-state index < -0.39 is 0 Å². The molecule has 5 heteroatoms. The van der Waals surface area contributed by atoms with Crippen molar-refractivity contribution in [2.45, 2.75) is 20.3 Å². The van der Waals surface area contributed by atoms with Crippen LogP contribution in [0.15, 0.2) is 22.1 Å². The minimum absolute atomic E-state index is 0. The first-order chi connectivity index (χ1) is 8.16. The van der Waals surface area contributed by atoms with Crippen LogP contribution in [0.3, 0.4) is 0 Å². The molecular weight excluding hydrogens is 252 g/mol. The third kappa shape index (κ3) is 3.62. The van der Waals surface area contributed by atoms with Crippen LogP contribution in [0, 0.1) is 13.8 Å². The Balaban J connectivity index is 0.00000162. The summed E-state index contributed by atoms with van der Waals surface area (Å²) in [6, 6.07) is 1.87. The van der Waals surface area contributed by atoms with Crippen LogP contribution < -0.4 is 10.6 Å². The number of nitrogens with one attached hydrogen (secondary N) is 2. The minimum atomic E-state index is -0.130. The van der Waals surface area contributed by atoms with Gasteiger partial charge in [-0.3, -0.25) is 4.79 Å². The Labute approximate surface area is 113 Å². The topological polar surface area (TPSA) is 54.3 Å². The molecule has 0 atom stereocenters. The molecule has 0 saturated carbocycles. The van der Waals surface area contributed by atoms with E-state index in [2.05, 4.69) is 16.7 Å². The van der Waals surface area contributed by atoms with Crippen molar-refractivity contribution in [1.82, 2.24) is 10.6 Å². The van der Waals surface area contributed by atoms with E-state index in [1.54, 1.807) is 0 Å². The zero-order chi connectivity index (χ0) is 12.3. The van der Waals surface area contributed by atoms with Crippen molar-refractivity contribution in [3.63, 3.8) is 0 Å². The lowest BCUT2D eigenvalue weighted by atomic mass is 10.1. The molecule has 2 N–H and O–H groups in total. The second-order valence-corrected chi connectivity index (χ2v) is 4.37. The van der Waals surface area contributed by atoms with Crippen LogP contribution in [-0.2, 0) is 0 Å². The largest absolute Gasteiger partial charge is 0.456 e. The van der Waals surface area contributed by atoms with Gasteiger partial charge < -0.3 is 15.1 Å². The number of furan rings is 1. The summed E-state index contributed by atoms with van der Waals surface area (Å²) in [5.41, 5.74) is 2.16. The monoisotopic (exact) mass is 270 g/mol. The number of aryl methyl sites for hydroxylation is 2. The summed E-state index contributed by atoms with van der Waals surface area (Å²) in [6.07, 6.45) is 3.13. The highest BCUT2D eigenvalue weighted by atomic mass is 35.5.